The fourth-order valence-electron chi connectivity index (χ4n) is 2.20. The van der Waals surface area contributed by atoms with Crippen molar-refractivity contribution in [2.24, 2.45) is 5.41 Å². The molecule has 0 atom stereocenters. The van der Waals surface area contributed by atoms with Crippen molar-refractivity contribution in [3.05, 3.63) is 24.0 Å². The standard InChI is InChI=1S/C14H19FN2O/c1-4-7-17-12-6-5-10(15)8-11(12)16-9-14(2,3)13(17)18/h5-6,8,16H,4,7,9H2,1-3H3. The molecule has 1 N–H and O–H groups in total. The predicted molar refractivity (Wildman–Crippen MR) is 71.3 cm³/mol. The summed E-state index contributed by atoms with van der Waals surface area (Å²) in [6.45, 7) is 7.02. The molecule has 18 heavy (non-hydrogen) atoms. The zero-order valence-electron chi connectivity index (χ0n) is 11.1. The molecule has 0 saturated heterocycles. The molecule has 0 aromatic heterocycles. The number of hydrogen-bond acceptors (Lipinski definition) is 2. The van der Waals surface area contributed by atoms with Gasteiger partial charge in [0.05, 0.1) is 16.8 Å². The first-order chi connectivity index (χ1) is 8.45. The normalized spacial score (nSPS) is 18.0. The van der Waals surface area contributed by atoms with Gasteiger partial charge in [0, 0.05) is 13.1 Å². The van der Waals surface area contributed by atoms with E-state index in [-0.39, 0.29) is 11.7 Å². The molecule has 0 spiro atoms. The average Bonchev–Trinajstić information content (AvgIpc) is 2.41. The van der Waals surface area contributed by atoms with Crippen LogP contribution in [-0.2, 0) is 4.79 Å². The minimum absolute atomic E-state index is 0.0854. The van der Waals surface area contributed by atoms with Gasteiger partial charge in [0.1, 0.15) is 5.82 Å². The number of amides is 1. The van der Waals surface area contributed by atoms with Gasteiger partial charge in [0.2, 0.25) is 5.91 Å². The van der Waals surface area contributed by atoms with Crippen LogP contribution in [0, 0.1) is 11.2 Å². The highest BCUT2D eigenvalue weighted by Gasteiger charge is 2.36. The number of hydrogen-bond donors (Lipinski definition) is 1. The lowest BCUT2D eigenvalue weighted by Gasteiger charge is -2.28. The molecule has 0 fully saturated rings. The molecule has 2 rings (SSSR count). The largest absolute Gasteiger partial charge is 0.382 e. The van der Waals surface area contributed by atoms with Crippen molar-refractivity contribution in [3.63, 3.8) is 0 Å². The van der Waals surface area contributed by atoms with E-state index in [0.29, 0.717) is 18.8 Å². The van der Waals surface area contributed by atoms with Crippen LogP contribution < -0.4 is 10.2 Å². The summed E-state index contributed by atoms with van der Waals surface area (Å²) in [5, 5.41) is 3.17. The summed E-state index contributed by atoms with van der Waals surface area (Å²) in [5.41, 5.74) is 0.987. The summed E-state index contributed by atoms with van der Waals surface area (Å²) in [6.07, 6.45) is 0.874. The van der Waals surface area contributed by atoms with Crippen molar-refractivity contribution in [1.82, 2.24) is 0 Å². The Kier molecular flexibility index (Phi) is 3.28. The maximum absolute atomic E-state index is 13.3. The average molecular weight is 250 g/mol. The van der Waals surface area contributed by atoms with Gasteiger partial charge in [-0.15, -0.1) is 0 Å². The monoisotopic (exact) mass is 250 g/mol. The molecule has 1 aromatic rings. The molecule has 3 nitrogen and oxygen atoms in total. The third-order valence-electron chi connectivity index (χ3n) is 3.24. The SMILES string of the molecule is CCCN1C(=O)C(C)(C)CNc2cc(F)ccc21. The maximum atomic E-state index is 13.3. The summed E-state index contributed by atoms with van der Waals surface area (Å²) in [6, 6.07) is 4.52. The van der Waals surface area contributed by atoms with Gasteiger partial charge in [-0.3, -0.25) is 4.79 Å². The Morgan fingerprint density at radius 2 is 2.17 bits per heavy atom. The lowest BCUT2D eigenvalue weighted by molar-refractivity contribution is -0.125. The maximum Gasteiger partial charge on any atom is 0.234 e. The van der Waals surface area contributed by atoms with Gasteiger partial charge in [-0.1, -0.05) is 6.92 Å². The van der Waals surface area contributed by atoms with E-state index in [1.807, 2.05) is 20.8 Å². The van der Waals surface area contributed by atoms with Gasteiger partial charge in [0.25, 0.3) is 0 Å². The van der Waals surface area contributed by atoms with Gasteiger partial charge in [0.15, 0.2) is 0 Å². The van der Waals surface area contributed by atoms with Crippen LogP contribution in [0.4, 0.5) is 15.8 Å². The van der Waals surface area contributed by atoms with E-state index in [2.05, 4.69) is 5.32 Å². The quantitative estimate of drug-likeness (QED) is 0.875. The van der Waals surface area contributed by atoms with E-state index in [0.717, 1.165) is 12.1 Å². The number of rotatable bonds is 2. The van der Waals surface area contributed by atoms with Gasteiger partial charge in [-0.2, -0.15) is 0 Å². The molecule has 0 unspecified atom stereocenters. The second kappa shape index (κ2) is 4.59. The Morgan fingerprint density at radius 1 is 1.44 bits per heavy atom. The van der Waals surface area contributed by atoms with Crippen molar-refractivity contribution in [1.29, 1.82) is 0 Å². The van der Waals surface area contributed by atoms with Gasteiger partial charge < -0.3 is 10.2 Å². The number of benzene rings is 1. The minimum Gasteiger partial charge on any atom is -0.382 e. The second-order valence-corrected chi connectivity index (χ2v) is 5.36. The lowest BCUT2D eigenvalue weighted by atomic mass is 9.92. The van der Waals surface area contributed by atoms with Crippen LogP contribution >= 0.6 is 0 Å². The Bertz CT molecular complexity index is 471. The first-order valence-corrected chi connectivity index (χ1v) is 6.31. The fourth-order valence-corrected chi connectivity index (χ4v) is 2.20. The molecule has 4 heteroatoms. The van der Waals surface area contributed by atoms with Crippen molar-refractivity contribution in [3.8, 4) is 0 Å². The smallest absolute Gasteiger partial charge is 0.234 e. The van der Waals surface area contributed by atoms with Crippen molar-refractivity contribution < 1.29 is 9.18 Å². The Balaban J connectivity index is 2.49. The number of carbonyl (C=O) groups excluding carboxylic acids is 1. The number of anilines is 2. The first-order valence-electron chi connectivity index (χ1n) is 6.31. The number of halogens is 1. The first kappa shape index (κ1) is 12.9. The molecular formula is C14H19FN2O. The molecule has 0 radical (unpaired) electrons. The highest BCUT2D eigenvalue weighted by atomic mass is 19.1. The lowest BCUT2D eigenvalue weighted by Crippen LogP contribution is -2.42. The van der Waals surface area contributed by atoms with E-state index in [9.17, 15) is 9.18 Å². The molecule has 1 heterocycles. The van der Waals surface area contributed by atoms with Crippen LogP contribution in [0.2, 0.25) is 0 Å². The highest BCUT2D eigenvalue weighted by molar-refractivity contribution is 6.01. The van der Waals surface area contributed by atoms with Crippen molar-refractivity contribution in [2.75, 3.05) is 23.3 Å². The van der Waals surface area contributed by atoms with E-state index in [1.54, 1.807) is 11.0 Å². The third-order valence-corrected chi connectivity index (χ3v) is 3.24. The van der Waals surface area contributed by atoms with Crippen LogP contribution in [0.1, 0.15) is 27.2 Å². The highest BCUT2D eigenvalue weighted by Crippen LogP contribution is 2.34. The summed E-state index contributed by atoms with van der Waals surface area (Å²) in [7, 11) is 0. The molecule has 1 amide bonds. The number of fused-ring (bicyclic) bond motifs is 1. The van der Waals surface area contributed by atoms with Crippen LogP contribution in [0.15, 0.2) is 18.2 Å². The Labute approximate surface area is 107 Å². The van der Waals surface area contributed by atoms with E-state index in [4.69, 9.17) is 0 Å². The van der Waals surface area contributed by atoms with E-state index < -0.39 is 5.41 Å². The number of nitrogens with one attached hydrogen (secondary N) is 1. The molecule has 1 aliphatic heterocycles. The molecule has 0 saturated carbocycles. The van der Waals surface area contributed by atoms with E-state index in [1.165, 1.54) is 12.1 Å². The molecule has 1 aliphatic rings. The van der Waals surface area contributed by atoms with Gasteiger partial charge in [-0.25, -0.2) is 4.39 Å². The Hall–Kier alpha value is -1.58. The third kappa shape index (κ3) is 2.19. The fraction of sp³-hybridized carbons (Fsp3) is 0.500. The molecule has 0 aliphatic carbocycles. The van der Waals surface area contributed by atoms with E-state index >= 15 is 0 Å². The summed E-state index contributed by atoms with van der Waals surface area (Å²) < 4.78 is 13.3. The molecule has 1 aromatic carbocycles. The minimum atomic E-state index is -0.481. The topological polar surface area (TPSA) is 32.3 Å². The van der Waals surface area contributed by atoms with Gasteiger partial charge in [-0.05, 0) is 38.5 Å². The number of carbonyl (C=O) groups is 1. The number of nitrogens with zero attached hydrogens (tertiary/aromatic N) is 1. The molecule has 0 bridgehead atoms. The predicted octanol–water partition coefficient (Wildman–Crippen LogP) is 3.02. The van der Waals surface area contributed by atoms with Crippen LogP contribution in [0.5, 0.6) is 0 Å². The van der Waals surface area contributed by atoms with Crippen LogP contribution in [0.25, 0.3) is 0 Å². The summed E-state index contributed by atoms with van der Waals surface area (Å²) in [4.78, 5) is 14.3. The summed E-state index contributed by atoms with van der Waals surface area (Å²) >= 11 is 0. The van der Waals surface area contributed by atoms with Crippen molar-refractivity contribution in [2.45, 2.75) is 27.2 Å². The van der Waals surface area contributed by atoms with Crippen LogP contribution in [-0.4, -0.2) is 19.0 Å². The van der Waals surface area contributed by atoms with Crippen molar-refractivity contribution >= 4 is 17.3 Å². The Morgan fingerprint density at radius 3 is 2.83 bits per heavy atom. The zero-order chi connectivity index (χ0) is 13.3. The zero-order valence-corrected chi connectivity index (χ0v) is 11.1. The second-order valence-electron chi connectivity index (χ2n) is 5.36. The van der Waals surface area contributed by atoms with Gasteiger partial charge >= 0.3 is 0 Å². The van der Waals surface area contributed by atoms with Crippen LogP contribution in [0.3, 0.4) is 0 Å². The molecular weight excluding hydrogens is 231 g/mol. The summed E-state index contributed by atoms with van der Waals surface area (Å²) in [5.74, 6) is -0.202. The molecule has 98 valence electrons.